The van der Waals surface area contributed by atoms with Gasteiger partial charge < -0.3 is 4.74 Å². The van der Waals surface area contributed by atoms with Gasteiger partial charge in [0.2, 0.25) is 0 Å². The van der Waals surface area contributed by atoms with Crippen LogP contribution in [-0.2, 0) is 6.18 Å². The first-order chi connectivity index (χ1) is 8.91. The van der Waals surface area contributed by atoms with E-state index in [9.17, 15) is 13.2 Å². The minimum absolute atomic E-state index is 0.334. The molecule has 1 aromatic carbocycles. The summed E-state index contributed by atoms with van der Waals surface area (Å²) < 4.78 is 43.3. The van der Waals surface area contributed by atoms with Gasteiger partial charge in [-0.3, -0.25) is 4.98 Å². The maximum absolute atomic E-state index is 12.7. The molecule has 0 spiro atoms. The van der Waals surface area contributed by atoms with Gasteiger partial charge in [0.15, 0.2) is 0 Å². The molecule has 0 aliphatic carbocycles. The molecule has 0 amide bonds. The van der Waals surface area contributed by atoms with Crippen molar-refractivity contribution in [1.82, 2.24) is 4.98 Å². The first-order valence-electron chi connectivity index (χ1n) is 5.61. The van der Waals surface area contributed by atoms with E-state index in [2.05, 4.69) is 4.98 Å². The van der Waals surface area contributed by atoms with Gasteiger partial charge >= 0.3 is 6.18 Å². The highest BCUT2D eigenvalue weighted by molar-refractivity contribution is 5.68. The Morgan fingerprint density at radius 1 is 1.11 bits per heavy atom. The van der Waals surface area contributed by atoms with Crippen LogP contribution in [0.4, 0.5) is 13.2 Å². The summed E-state index contributed by atoms with van der Waals surface area (Å²) in [6.07, 6.45) is -4.38. The lowest BCUT2D eigenvalue weighted by Crippen LogP contribution is -2.05. The largest absolute Gasteiger partial charge is 0.496 e. The van der Waals surface area contributed by atoms with Crippen LogP contribution < -0.4 is 4.74 Å². The second-order valence-electron chi connectivity index (χ2n) is 4.08. The summed E-state index contributed by atoms with van der Waals surface area (Å²) in [6, 6.07) is 8.55. The second kappa shape index (κ2) is 4.91. The third kappa shape index (κ3) is 2.86. The number of hydrogen-bond donors (Lipinski definition) is 0. The minimum Gasteiger partial charge on any atom is -0.496 e. The molecule has 0 N–H and O–H groups in total. The Bertz CT molecular complexity index is 593. The van der Waals surface area contributed by atoms with Crippen LogP contribution in [0.1, 0.15) is 11.3 Å². The van der Waals surface area contributed by atoms with Crippen molar-refractivity contribution in [1.29, 1.82) is 0 Å². The fraction of sp³-hybridized carbons (Fsp3) is 0.214. The van der Waals surface area contributed by atoms with Gasteiger partial charge in [-0.15, -0.1) is 0 Å². The SMILES string of the molecule is COc1ccc(C(F)(F)F)cc1-c1cccc(C)n1. The van der Waals surface area contributed by atoms with E-state index in [1.807, 2.05) is 0 Å². The molecular weight excluding hydrogens is 255 g/mol. The highest BCUT2D eigenvalue weighted by atomic mass is 19.4. The smallest absolute Gasteiger partial charge is 0.416 e. The summed E-state index contributed by atoms with van der Waals surface area (Å²) in [5.41, 5.74) is 0.813. The van der Waals surface area contributed by atoms with Gasteiger partial charge in [-0.25, -0.2) is 0 Å². The monoisotopic (exact) mass is 267 g/mol. The number of aromatic nitrogens is 1. The molecule has 0 radical (unpaired) electrons. The fourth-order valence-corrected chi connectivity index (χ4v) is 1.78. The van der Waals surface area contributed by atoms with E-state index in [1.54, 1.807) is 25.1 Å². The lowest BCUT2D eigenvalue weighted by atomic mass is 10.1. The van der Waals surface area contributed by atoms with Gasteiger partial charge in [0.25, 0.3) is 0 Å². The first kappa shape index (κ1) is 13.4. The summed E-state index contributed by atoms with van der Waals surface area (Å²) in [5, 5.41) is 0. The molecule has 0 aliphatic heterocycles. The Hall–Kier alpha value is -2.04. The minimum atomic E-state index is -4.38. The zero-order valence-corrected chi connectivity index (χ0v) is 10.5. The summed E-state index contributed by atoms with van der Waals surface area (Å²) >= 11 is 0. The number of alkyl halides is 3. The summed E-state index contributed by atoms with van der Waals surface area (Å²) in [5.74, 6) is 0.367. The summed E-state index contributed by atoms with van der Waals surface area (Å²) in [7, 11) is 1.42. The third-order valence-electron chi connectivity index (χ3n) is 2.69. The molecule has 100 valence electrons. The van der Waals surface area contributed by atoms with Crippen molar-refractivity contribution in [3.63, 3.8) is 0 Å². The van der Waals surface area contributed by atoms with Gasteiger partial charge in [-0.2, -0.15) is 13.2 Å². The zero-order chi connectivity index (χ0) is 14.0. The van der Waals surface area contributed by atoms with E-state index in [-0.39, 0.29) is 0 Å². The molecule has 0 atom stereocenters. The van der Waals surface area contributed by atoms with Crippen LogP contribution >= 0.6 is 0 Å². The van der Waals surface area contributed by atoms with Crippen LogP contribution in [0.2, 0.25) is 0 Å². The standard InChI is InChI=1S/C14H12F3NO/c1-9-4-3-5-12(18-9)11-8-10(14(15,16)17)6-7-13(11)19-2/h3-8H,1-2H3. The van der Waals surface area contributed by atoms with Gasteiger partial charge in [-0.1, -0.05) is 6.07 Å². The number of hydrogen-bond acceptors (Lipinski definition) is 2. The number of methoxy groups -OCH3 is 1. The molecule has 2 aromatic rings. The average molecular weight is 267 g/mol. The van der Waals surface area contributed by atoms with E-state index in [0.717, 1.165) is 17.8 Å². The van der Waals surface area contributed by atoms with E-state index < -0.39 is 11.7 Å². The molecule has 19 heavy (non-hydrogen) atoms. The quantitative estimate of drug-likeness (QED) is 0.817. The number of benzene rings is 1. The molecule has 0 fully saturated rings. The molecule has 0 unspecified atom stereocenters. The third-order valence-corrected chi connectivity index (χ3v) is 2.69. The Kier molecular flexibility index (Phi) is 3.46. The van der Waals surface area contributed by atoms with Crippen molar-refractivity contribution < 1.29 is 17.9 Å². The van der Waals surface area contributed by atoms with Crippen LogP contribution in [0.25, 0.3) is 11.3 Å². The first-order valence-corrected chi connectivity index (χ1v) is 5.61. The Morgan fingerprint density at radius 2 is 1.84 bits per heavy atom. The number of nitrogens with zero attached hydrogens (tertiary/aromatic N) is 1. The van der Waals surface area contributed by atoms with E-state index >= 15 is 0 Å². The lowest BCUT2D eigenvalue weighted by molar-refractivity contribution is -0.137. The van der Waals surface area contributed by atoms with Crippen molar-refractivity contribution in [3.8, 4) is 17.0 Å². The van der Waals surface area contributed by atoms with Crippen molar-refractivity contribution in [3.05, 3.63) is 47.7 Å². The summed E-state index contributed by atoms with van der Waals surface area (Å²) in [6.45, 7) is 1.78. The number of ether oxygens (including phenoxy) is 1. The van der Waals surface area contributed by atoms with Crippen molar-refractivity contribution in [2.45, 2.75) is 13.1 Å². The molecule has 0 bridgehead atoms. The maximum atomic E-state index is 12.7. The molecule has 2 rings (SSSR count). The maximum Gasteiger partial charge on any atom is 0.416 e. The van der Waals surface area contributed by atoms with Crippen LogP contribution in [0, 0.1) is 6.92 Å². The van der Waals surface area contributed by atoms with Crippen LogP contribution in [0.5, 0.6) is 5.75 Å². The van der Waals surface area contributed by atoms with E-state index in [4.69, 9.17) is 4.74 Å². The molecule has 0 aliphatic rings. The molecule has 1 aromatic heterocycles. The molecule has 1 heterocycles. The zero-order valence-electron chi connectivity index (χ0n) is 10.5. The van der Waals surface area contributed by atoms with E-state index in [0.29, 0.717) is 17.0 Å². The Morgan fingerprint density at radius 3 is 2.42 bits per heavy atom. The molecule has 2 nitrogen and oxygen atoms in total. The Balaban J connectivity index is 2.60. The van der Waals surface area contributed by atoms with Crippen molar-refractivity contribution >= 4 is 0 Å². The predicted molar refractivity (Wildman–Crippen MR) is 66.0 cm³/mol. The van der Waals surface area contributed by atoms with Gasteiger partial charge in [0.05, 0.1) is 18.4 Å². The molecular formula is C14H12F3NO. The topological polar surface area (TPSA) is 22.1 Å². The number of aryl methyl sites for hydroxylation is 1. The van der Waals surface area contributed by atoms with Gasteiger partial charge in [0, 0.05) is 11.3 Å². The van der Waals surface area contributed by atoms with Crippen LogP contribution in [-0.4, -0.2) is 12.1 Å². The Labute approximate surface area is 108 Å². The van der Waals surface area contributed by atoms with Crippen LogP contribution in [0.15, 0.2) is 36.4 Å². The highest BCUT2D eigenvalue weighted by Crippen LogP contribution is 2.36. The molecule has 0 saturated heterocycles. The number of halogens is 3. The lowest BCUT2D eigenvalue weighted by Gasteiger charge is -2.12. The average Bonchev–Trinajstić information content (AvgIpc) is 2.37. The van der Waals surface area contributed by atoms with Gasteiger partial charge in [-0.05, 0) is 37.3 Å². The van der Waals surface area contributed by atoms with Gasteiger partial charge in [0.1, 0.15) is 5.75 Å². The van der Waals surface area contributed by atoms with Crippen molar-refractivity contribution in [2.24, 2.45) is 0 Å². The molecule has 5 heteroatoms. The fourth-order valence-electron chi connectivity index (χ4n) is 1.78. The second-order valence-corrected chi connectivity index (χ2v) is 4.08. The number of pyridine rings is 1. The highest BCUT2D eigenvalue weighted by Gasteiger charge is 2.31. The van der Waals surface area contributed by atoms with Crippen molar-refractivity contribution in [2.75, 3.05) is 7.11 Å². The predicted octanol–water partition coefficient (Wildman–Crippen LogP) is 4.08. The summed E-state index contributed by atoms with van der Waals surface area (Å²) in [4.78, 5) is 4.23. The normalized spacial score (nSPS) is 11.4. The number of rotatable bonds is 2. The van der Waals surface area contributed by atoms with E-state index in [1.165, 1.54) is 13.2 Å². The molecule has 0 saturated carbocycles. The van der Waals surface area contributed by atoms with Crippen LogP contribution in [0.3, 0.4) is 0 Å².